The maximum atomic E-state index is 12.6. The molecule has 1 amide bonds. The van der Waals surface area contributed by atoms with Crippen LogP contribution in [0.3, 0.4) is 0 Å². The molecule has 92 valence electrons. The molecule has 1 N–H and O–H groups in total. The first kappa shape index (κ1) is 10.3. The highest BCUT2D eigenvalue weighted by Crippen LogP contribution is 2.43. The Labute approximate surface area is 109 Å². The van der Waals surface area contributed by atoms with Crippen molar-refractivity contribution in [1.29, 1.82) is 0 Å². The van der Waals surface area contributed by atoms with Crippen LogP contribution in [0.4, 0.5) is 0 Å². The lowest BCUT2D eigenvalue weighted by atomic mass is 9.96. The van der Waals surface area contributed by atoms with Crippen molar-refractivity contribution in [2.75, 3.05) is 0 Å². The van der Waals surface area contributed by atoms with Gasteiger partial charge in [-0.15, -0.1) is 0 Å². The van der Waals surface area contributed by atoms with Gasteiger partial charge >= 0.3 is 0 Å². The molecular formula is C15H9NO3. The highest BCUT2D eigenvalue weighted by Gasteiger charge is 2.55. The summed E-state index contributed by atoms with van der Waals surface area (Å²) in [4.78, 5) is 24.6. The zero-order valence-electron chi connectivity index (χ0n) is 9.84. The van der Waals surface area contributed by atoms with Gasteiger partial charge in [0.25, 0.3) is 11.6 Å². The SMILES string of the molecule is O=C1NC2(Oc3ccccc3C2=O)c2ccccc21. The minimum Gasteiger partial charge on any atom is -0.455 e. The molecule has 4 rings (SSSR count). The van der Waals surface area contributed by atoms with Gasteiger partial charge in [0, 0.05) is 11.1 Å². The van der Waals surface area contributed by atoms with Gasteiger partial charge in [0.05, 0.1) is 5.56 Å². The quantitative estimate of drug-likeness (QED) is 0.777. The molecule has 0 radical (unpaired) electrons. The fourth-order valence-electron chi connectivity index (χ4n) is 2.69. The van der Waals surface area contributed by atoms with Gasteiger partial charge in [0.2, 0.25) is 5.78 Å². The van der Waals surface area contributed by atoms with Gasteiger partial charge in [-0.2, -0.15) is 0 Å². The predicted molar refractivity (Wildman–Crippen MR) is 67.0 cm³/mol. The van der Waals surface area contributed by atoms with Crippen LogP contribution in [0.2, 0.25) is 0 Å². The number of hydrogen-bond donors (Lipinski definition) is 1. The lowest BCUT2D eigenvalue weighted by Crippen LogP contribution is -2.47. The van der Waals surface area contributed by atoms with E-state index in [-0.39, 0.29) is 11.7 Å². The molecule has 19 heavy (non-hydrogen) atoms. The van der Waals surface area contributed by atoms with Crippen molar-refractivity contribution < 1.29 is 14.3 Å². The van der Waals surface area contributed by atoms with E-state index in [0.717, 1.165) is 0 Å². The summed E-state index contributed by atoms with van der Waals surface area (Å²) >= 11 is 0. The van der Waals surface area contributed by atoms with Crippen LogP contribution in [0.25, 0.3) is 0 Å². The second-order valence-corrected chi connectivity index (χ2v) is 4.61. The standard InChI is InChI=1S/C15H9NO3/c17-13-10-6-2-4-8-12(10)19-15(13)11-7-3-1-5-9(11)14(18)16-15/h1-8H,(H,16,18). The number of nitrogens with one attached hydrogen (secondary N) is 1. The summed E-state index contributed by atoms with van der Waals surface area (Å²) in [5.74, 6) is 0.00246. The highest BCUT2D eigenvalue weighted by atomic mass is 16.5. The van der Waals surface area contributed by atoms with Crippen molar-refractivity contribution in [3.63, 3.8) is 0 Å². The van der Waals surface area contributed by atoms with E-state index in [9.17, 15) is 9.59 Å². The first-order chi connectivity index (χ1) is 9.22. The summed E-state index contributed by atoms with van der Waals surface area (Å²) in [6.45, 7) is 0. The van der Waals surface area contributed by atoms with Crippen molar-refractivity contribution in [3.05, 3.63) is 65.2 Å². The second-order valence-electron chi connectivity index (χ2n) is 4.61. The van der Waals surface area contributed by atoms with Crippen molar-refractivity contribution >= 4 is 11.7 Å². The largest absolute Gasteiger partial charge is 0.455 e. The Bertz CT molecular complexity index is 738. The summed E-state index contributed by atoms with van der Waals surface area (Å²) in [6, 6.07) is 14.0. The van der Waals surface area contributed by atoms with Gasteiger partial charge in [0.15, 0.2) is 0 Å². The van der Waals surface area contributed by atoms with E-state index in [1.54, 1.807) is 48.5 Å². The molecule has 2 aliphatic rings. The smallest absolute Gasteiger partial charge is 0.274 e. The predicted octanol–water partition coefficient (Wildman–Crippen LogP) is 1.86. The Morgan fingerprint density at radius 1 is 0.895 bits per heavy atom. The van der Waals surface area contributed by atoms with Crippen molar-refractivity contribution in [2.45, 2.75) is 5.72 Å². The average Bonchev–Trinajstić information content (AvgIpc) is 2.88. The summed E-state index contributed by atoms with van der Waals surface area (Å²) in [5, 5.41) is 2.68. The van der Waals surface area contributed by atoms with Gasteiger partial charge in [-0.05, 0) is 18.2 Å². The van der Waals surface area contributed by atoms with Crippen LogP contribution < -0.4 is 10.1 Å². The molecule has 0 saturated carbocycles. The van der Waals surface area contributed by atoms with E-state index in [1.165, 1.54) is 0 Å². The van der Waals surface area contributed by atoms with Crippen LogP contribution in [-0.2, 0) is 5.72 Å². The number of benzene rings is 2. The molecule has 2 aromatic carbocycles. The second kappa shape index (κ2) is 3.23. The fourth-order valence-corrected chi connectivity index (χ4v) is 2.69. The Kier molecular flexibility index (Phi) is 1.75. The Hall–Kier alpha value is -2.62. The monoisotopic (exact) mass is 251 g/mol. The van der Waals surface area contributed by atoms with Crippen molar-refractivity contribution in [1.82, 2.24) is 5.32 Å². The topological polar surface area (TPSA) is 55.4 Å². The zero-order chi connectivity index (χ0) is 13.0. The molecule has 1 atom stereocenters. The third-order valence-corrected chi connectivity index (χ3v) is 3.56. The van der Waals surface area contributed by atoms with Gasteiger partial charge in [-0.3, -0.25) is 9.59 Å². The van der Waals surface area contributed by atoms with Crippen LogP contribution in [0, 0.1) is 0 Å². The molecule has 0 aromatic heterocycles. The number of para-hydroxylation sites is 1. The molecular weight excluding hydrogens is 242 g/mol. The summed E-state index contributed by atoms with van der Waals surface area (Å²) in [7, 11) is 0. The third kappa shape index (κ3) is 1.13. The van der Waals surface area contributed by atoms with Crippen LogP contribution in [0.1, 0.15) is 26.3 Å². The van der Waals surface area contributed by atoms with Gasteiger partial charge < -0.3 is 10.1 Å². The number of carbonyl (C=O) groups excluding carboxylic acids is 2. The van der Waals surface area contributed by atoms with E-state index in [4.69, 9.17) is 4.74 Å². The van der Waals surface area contributed by atoms with Crippen LogP contribution in [-0.4, -0.2) is 11.7 Å². The number of Topliss-reactive ketones (excluding diaryl/α,β-unsaturated/α-hetero) is 1. The maximum Gasteiger partial charge on any atom is 0.274 e. The molecule has 1 unspecified atom stereocenters. The summed E-state index contributed by atoms with van der Waals surface area (Å²) in [5.41, 5.74) is 0.196. The van der Waals surface area contributed by atoms with Crippen molar-refractivity contribution in [3.8, 4) is 5.75 Å². The lowest BCUT2D eigenvalue weighted by Gasteiger charge is -2.22. The molecule has 2 aromatic rings. The highest BCUT2D eigenvalue weighted by molar-refractivity contribution is 6.14. The van der Waals surface area contributed by atoms with Gasteiger partial charge in [-0.25, -0.2) is 0 Å². The minimum absolute atomic E-state index is 0.221. The van der Waals surface area contributed by atoms with E-state index in [2.05, 4.69) is 5.32 Å². The lowest BCUT2D eigenvalue weighted by molar-refractivity contribution is 0.0414. The normalized spacial score (nSPS) is 22.9. The van der Waals surface area contributed by atoms with Crippen LogP contribution in [0.5, 0.6) is 5.75 Å². The molecule has 4 nitrogen and oxygen atoms in total. The third-order valence-electron chi connectivity index (χ3n) is 3.56. The van der Waals surface area contributed by atoms with Crippen LogP contribution in [0.15, 0.2) is 48.5 Å². The van der Waals surface area contributed by atoms with Gasteiger partial charge in [-0.1, -0.05) is 30.3 Å². The molecule has 2 aliphatic heterocycles. The molecule has 0 fully saturated rings. The number of ketones is 1. The van der Waals surface area contributed by atoms with Gasteiger partial charge in [0.1, 0.15) is 5.75 Å². The Balaban J connectivity index is 1.96. The summed E-state index contributed by atoms with van der Waals surface area (Å²) < 4.78 is 5.78. The van der Waals surface area contributed by atoms with E-state index in [0.29, 0.717) is 22.4 Å². The molecule has 2 heterocycles. The van der Waals surface area contributed by atoms with E-state index < -0.39 is 5.72 Å². The number of ether oxygens (including phenoxy) is 1. The first-order valence-corrected chi connectivity index (χ1v) is 5.97. The Morgan fingerprint density at radius 3 is 2.37 bits per heavy atom. The fraction of sp³-hybridized carbons (Fsp3) is 0.0667. The minimum atomic E-state index is -1.38. The van der Waals surface area contributed by atoms with E-state index >= 15 is 0 Å². The van der Waals surface area contributed by atoms with E-state index in [1.807, 2.05) is 0 Å². The van der Waals surface area contributed by atoms with Crippen molar-refractivity contribution in [2.24, 2.45) is 0 Å². The number of amides is 1. The molecule has 0 aliphatic carbocycles. The average molecular weight is 251 g/mol. The molecule has 4 heteroatoms. The molecule has 0 saturated heterocycles. The first-order valence-electron chi connectivity index (χ1n) is 5.97. The number of carbonyl (C=O) groups is 2. The maximum absolute atomic E-state index is 12.6. The molecule has 1 spiro atoms. The molecule has 0 bridgehead atoms. The number of rotatable bonds is 0. The Morgan fingerprint density at radius 2 is 1.58 bits per heavy atom. The van der Waals surface area contributed by atoms with Crippen LogP contribution >= 0.6 is 0 Å². The number of hydrogen-bond acceptors (Lipinski definition) is 3. The zero-order valence-corrected chi connectivity index (χ0v) is 9.84. The summed E-state index contributed by atoms with van der Waals surface area (Å²) in [6.07, 6.45) is 0. The number of fused-ring (bicyclic) bond motifs is 3.